The summed E-state index contributed by atoms with van der Waals surface area (Å²) in [4.78, 5) is 13.2. The molecule has 1 fully saturated rings. The van der Waals surface area contributed by atoms with Gasteiger partial charge < -0.3 is 15.4 Å². The fraction of sp³-hybridized carbons (Fsp3) is 0.923. The molecule has 1 heterocycles. The van der Waals surface area contributed by atoms with Gasteiger partial charge in [-0.15, -0.1) is 0 Å². The van der Waals surface area contributed by atoms with Crippen molar-refractivity contribution in [1.29, 1.82) is 0 Å². The maximum absolute atomic E-state index is 12.4. The average molecular weight is 311 g/mol. The van der Waals surface area contributed by atoms with Gasteiger partial charge in [0.15, 0.2) is 0 Å². The first-order chi connectivity index (χ1) is 9.92. The van der Waals surface area contributed by atoms with Crippen LogP contribution in [0.15, 0.2) is 0 Å². The zero-order valence-corrected chi connectivity index (χ0v) is 12.3. The second-order valence-electron chi connectivity index (χ2n) is 5.22. The molecule has 1 unspecified atom stereocenters. The first kappa shape index (κ1) is 18.2. The molecule has 2 N–H and O–H groups in total. The van der Waals surface area contributed by atoms with Crippen LogP contribution in [0.25, 0.3) is 0 Å². The largest absolute Gasteiger partial charge is 0.401 e. The van der Waals surface area contributed by atoms with Gasteiger partial charge in [0.05, 0.1) is 19.1 Å². The zero-order chi connectivity index (χ0) is 15.7. The fourth-order valence-corrected chi connectivity index (χ4v) is 2.38. The van der Waals surface area contributed by atoms with Gasteiger partial charge in [0.25, 0.3) is 0 Å². The standard InChI is InChI=1S/C13H24F3N3O2/c1-21-8-6-17-4-5-18-12(20)11-3-2-7-19(9-11)10-13(14,15)16/h11,17H,2-10H2,1H3,(H,18,20). The Bertz CT molecular complexity index is 314. The molecule has 1 atom stereocenters. The number of methoxy groups -OCH3 is 1. The third-order valence-electron chi connectivity index (χ3n) is 3.36. The number of carbonyl (C=O) groups excluding carboxylic acids is 1. The van der Waals surface area contributed by atoms with Gasteiger partial charge in [-0.05, 0) is 19.4 Å². The first-order valence-electron chi connectivity index (χ1n) is 7.19. The van der Waals surface area contributed by atoms with E-state index in [4.69, 9.17) is 4.74 Å². The number of carbonyl (C=O) groups is 1. The van der Waals surface area contributed by atoms with E-state index in [1.54, 1.807) is 7.11 Å². The van der Waals surface area contributed by atoms with Crippen LogP contribution in [0.2, 0.25) is 0 Å². The van der Waals surface area contributed by atoms with Crippen LogP contribution in [0, 0.1) is 5.92 Å². The summed E-state index contributed by atoms with van der Waals surface area (Å²) in [5.74, 6) is -0.504. The minimum Gasteiger partial charge on any atom is -0.383 e. The summed E-state index contributed by atoms with van der Waals surface area (Å²) >= 11 is 0. The molecule has 0 spiro atoms. The molecule has 1 saturated heterocycles. The van der Waals surface area contributed by atoms with Crippen LogP contribution >= 0.6 is 0 Å². The molecular weight excluding hydrogens is 287 g/mol. The summed E-state index contributed by atoms with van der Waals surface area (Å²) in [6, 6.07) is 0. The van der Waals surface area contributed by atoms with Crippen LogP contribution < -0.4 is 10.6 Å². The molecule has 0 bridgehead atoms. The second-order valence-corrected chi connectivity index (χ2v) is 5.22. The van der Waals surface area contributed by atoms with E-state index in [-0.39, 0.29) is 18.4 Å². The minimum atomic E-state index is -4.20. The van der Waals surface area contributed by atoms with Crippen molar-refractivity contribution in [3.05, 3.63) is 0 Å². The molecule has 0 saturated carbocycles. The van der Waals surface area contributed by atoms with Gasteiger partial charge >= 0.3 is 6.18 Å². The van der Waals surface area contributed by atoms with Crippen LogP contribution in [0.3, 0.4) is 0 Å². The second kappa shape index (κ2) is 9.22. The van der Waals surface area contributed by atoms with Crippen molar-refractivity contribution < 1.29 is 22.7 Å². The van der Waals surface area contributed by atoms with E-state index in [9.17, 15) is 18.0 Å². The highest BCUT2D eigenvalue weighted by molar-refractivity contribution is 5.78. The number of rotatable bonds is 8. The predicted octanol–water partition coefficient (Wildman–Crippen LogP) is 0.613. The van der Waals surface area contributed by atoms with Gasteiger partial charge in [0.2, 0.25) is 5.91 Å². The summed E-state index contributed by atoms with van der Waals surface area (Å²) in [6.07, 6.45) is -2.93. The van der Waals surface area contributed by atoms with E-state index in [2.05, 4.69) is 10.6 Å². The molecule has 0 radical (unpaired) electrons. The first-order valence-corrected chi connectivity index (χ1v) is 7.19. The highest BCUT2D eigenvalue weighted by atomic mass is 19.4. The third-order valence-corrected chi connectivity index (χ3v) is 3.36. The number of piperidine rings is 1. The average Bonchev–Trinajstić information content (AvgIpc) is 2.41. The molecule has 124 valence electrons. The topological polar surface area (TPSA) is 53.6 Å². The molecule has 0 aliphatic carbocycles. The van der Waals surface area contributed by atoms with Crippen LogP contribution in [0.5, 0.6) is 0 Å². The van der Waals surface area contributed by atoms with Crippen molar-refractivity contribution in [3.63, 3.8) is 0 Å². The predicted molar refractivity (Wildman–Crippen MR) is 73.0 cm³/mol. The van der Waals surface area contributed by atoms with Crippen LogP contribution in [0.1, 0.15) is 12.8 Å². The van der Waals surface area contributed by atoms with Crippen LogP contribution in [-0.2, 0) is 9.53 Å². The summed E-state index contributed by atoms with van der Waals surface area (Å²) < 4.78 is 41.9. The lowest BCUT2D eigenvalue weighted by Crippen LogP contribution is -2.46. The number of amides is 1. The molecule has 8 heteroatoms. The summed E-state index contributed by atoms with van der Waals surface area (Å²) in [5, 5.41) is 5.85. The summed E-state index contributed by atoms with van der Waals surface area (Å²) in [7, 11) is 1.61. The Hall–Kier alpha value is -0.860. The quantitative estimate of drug-likeness (QED) is 0.645. The zero-order valence-electron chi connectivity index (χ0n) is 12.3. The summed E-state index contributed by atoms with van der Waals surface area (Å²) in [6.45, 7) is 2.05. The van der Waals surface area contributed by atoms with Crippen LogP contribution in [0.4, 0.5) is 13.2 Å². The van der Waals surface area contributed by atoms with Gasteiger partial charge in [0, 0.05) is 33.3 Å². The Labute approximate surface area is 123 Å². The lowest BCUT2D eigenvalue weighted by atomic mass is 9.97. The van der Waals surface area contributed by atoms with Gasteiger partial charge in [-0.1, -0.05) is 0 Å². The minimum absolute atomic E-state index is 0.157. The Balaban J connectivity index is 2.21. The van der Waals surface area contributed by atoms with Gasteiger partial charge in [-0.25, -0.2) is 0 Å². The van der Waals surface area contributed by atoms with Crippen molar-refractivity contribution >= 4 is 5.91 Å². The molecule has 1 amide bonds. The SMILES string of the molecule is COCCNCCNC(=O)C1CCCN(CC(F)(F)F)C1. The van der Waals surface area contributed by atoms with E-state index in [1.165, 1.54) is 4.90 Å². The van der Waals surface area contributed by atoms with Crippen molar-refractivity contribution in [1.82, 2.24) is 15.5 Å². The molecule has 21 heavy (non-hydrogen) atoms. The Kier molecular flexibility index (Phi) is 7.98. The van der Waals surface area contributed by atoms with Crippen molar-refractivity contribution in [2.24, 2.45) is 5.92 Å². The maximum Gasteiger partial charge on any atom is 0.401 e. The normalized spacial score (nSPS) is 20.5. The molecular formula is C13H24F3N3O2. The van der Waals surface area contributed by atoms with E-state index in [1.807, 2.05) is 0 Å². The molecule has 1 aliphatic rings. The van der Waals surface area contributed by atoms with E-state index >= 15 is 0 Å². The number of ether oxygens (including phenoxy) is 1. The van der Waals surface area contributed by atoms with Gasteiger partial charge in [-0.2, -0.15) is 13.2 Å². The lowest BCUT2D eigenvalue weighted by molar-refractivity contribution is -0.152. The third kappa shape index (κ3) is 8.23. The van der Waals surface area contributed by atoms with E-state index < -0.39 is 12.7 Å². The van der Waals surface area contributed by atoms with Crippen molar-refractivity contribution in [2.75, 3.05) is 53.0 Å². The fourth-order valence-electron chi connectivity index (χ4n) is 2.38. The highest BCUT2D eigenvalue weighted by Gasteiger charge is 2.34. The van der Waals surface area contributed by atoms with Crippen molar-refractivity contribution in [3.8, 4) is 0 Å². The van der Waals surface area contributed by atoms with Crippen LogP contribution in [-0.4, -0.2) is 70.0 Å². The molecule has 5 nitrogen and oxygen atoms in total. The molecule has 0 aromatic rings. The number of nitrogens with one attached hydrogen (secondary N) is 2. The molecule has 1 aliphatic heterocycles. The van der Waals surface area contributed by atoms with E-state index in [0.717, 1.165) is 0 Å². The molecule has 1 rings (SSSR count). The highest BCUT2D eigenvalue weighted by Crippen LogP contribution is 2.22. The molecule has 0 aromatic carbocycles. The Morgan fingerprint density at radius 1 is 1.33 bits per heavy atom. The monoisotopic (exact) mass is 311 g/mol. The van der Waals surface area contributed by atoms with Crippen molar-refractivity contribution in [2.45, 2.75) is 19.0 Å². The number of nitrogens with zero attached hydrogens (tertiary/aromatic N) is 1. The van der Waals surface area contributed by atoms with Gasteiger partial charge in [0.1, 0.15) is 0 Å². The number of hydrogen-bond acceptors (Lipinski definition) is 4. The van der Waals surface area contributed by atoms with E-state index in [0.29, 0.717) is 45.6 Å². The number of hydrogen-bond donors (Lipinski definition) is 2. The maximum atomic E-state index is 12.4. The van der Waals surface area contributed by atoms with Gasteiger partial charge in [-0.3, -0.25) is 9.69 Å². The number of halogens is 3. The smallest absolute Gasteiger partial charge is 0.383 e. The molecule has 0 aromatic heterocycles. The lowest BCUT2D eigenvalue weighted by Gasteiger charge is -2.32. The Morgan fingerprint density at radius 3 is 2.76 bits per heavy atom. The summed E-state index contributed by atoms with van der Waals surface area (Å²) in [5.41, 5.74) is 0. The Morgan fingerprint density at radius 2 is 2.10 bits per heavy atom. The number of likely N-dealkylation sites (tertiary alicyclic amines) is 1. The number of alkyl halides is 3.